The van der Waals surface area contributed by atoms with E-state index in [0.717, 1.165) is 0 Å². The van der Waals surface area contributed by atoms with Gasteiger partial charge in [-0.1, -0.05) is 80.6 Å². The highest BCUT2D eigenvalue weighted by atomic mass is 28.4. The minimum absolute atomic E-state index is 0.132. The second kappa shape index (κ2) is 17.1. The van der Waals surface area contributed by atoms with E-state index in [9.17, 15) is 24.3 Å². The Kier molecular flexibility index (Phi) is 12.3. The summed E-state index contributed by atoms with van der Waals surface area (Å²) in [4.78, 5) is 72.8. The van der Waals surface area contributed by atoms with Gasteiger partial charge in [0.25, 0.3) is 5.91 Å². The van der Waals surface area contributed by atoms with Crippen molar-refractivity contribution in [2.75, 3.05) is 6.61 Å². The lowest BCUT2D eigenvalue weighted by molar-refractivity contribution is -0.344. The van der Waals surface area contributed by atoms with Gasteiger partial charge in [0, 0.05) is 30.7 Å². The standard InChI is InChI=1S/C51H63NO12Si2/c1-30-36(60-46(56)31(2)40(33-20-14-11-15-21-33)52-45(55)34-22-16-12-17-23-34)27-51(58)44(61-47(57)35-24-18-13-19-25-35)42-49(6)37(26-38-50(42,28-59-38)62-32(3)53)63-65(7,8)29-66(9,10)64-41(43(49)54)39(30)48(51,4)5/h11-25,31,36-38,40-42,44,58H,26-29H2,1-10H3,(H,52,55)/t31-,36+,37-,38+,40+,41+,42?,44?,49+,50-,51+/m0/s1. The summed E-state index contributed by atoms with van der Waals surface area (Å²) in [6, 6.07) is 25.4. The van der Waals surface area contributed by atoms with E-state index in [0.29, 0.717) is 27.9 Å². The molecule has 352 valence electrons. The first-order valence-electron chi connectivity index (χ1n) is 23.0. The maximum Gasteiger partial charge on any atom is 0.338 e. The number of carbonyl (C=O) groups is 5. The largest absolute Gasteiger partial charge is 0.457 e. The van der Waals surface area contributed by atoms with E-state index in [4.69, 9.17) is 27.8 Å². The molecule has 2 N–H and O–H groups in total. The van der Waals surface area contributed by atoms with Crippen LogP contribution in [0.1, 0.15) is 86.7 Å². The highest BCUT2D eigenvalue weighted by molar-refractivity contribution is 6.89. The topological polar surface area (TPSA) is 173 Å². The zero-order chi connectivity index (χ0) is 47.8. The van der Waals surface area contributed by atoms with Gasteiger partial charge in [-0.15, -0.1) is 0 Å². The van der Waals surface area contributed by atoms with Crippen LogP contribution in [0, 0.1) is 22.7 Å². The van der Waals surface area contributed by atoms with E-state index in [1.54, 1.807) is 75.4 Å². The summed E-state index contributed by atoms with van der Waals surface area (Å²) in [6.07, 6.45) is -5.66. The normalized spacial score (nSPS) is 33.6. The smallest absolute Gasteiger partial charge is 0.338 e. The molecule has 0 spiro atoms. The van der Waals surface area contributed by atoms with Crippen molar-refractivity contribution in [3.8, 4) is 0 Å². The lowest BCUT2D eigenvalue weighted by atomic mass is 9.44. The second-order valence-corrected chi connectivity index (χ2v) is 29.9. The second-order valence-electron chi connectivity index (χ2n) is 21.0. The van der Waals surface area contributed by atoms with Gasteiger partial charge in [0.1, 0.15) is 30.0 Å². The van der Waals surface area contributed by atoms with Crippen molar-refractivity contribution in [3.05, 3.63) is 119 Å². The molecule has 4 bridgehead atoms. The van der Waals surface area contributed by atoms with Gasteiger partial charge in [0.05, 0.1) is 41.6 Å². The Labute approximate surface area is 389 Å². The fraction of sp³-hybridized carbons (Fsp3) is 0.510. The van der Waals surface area contributed by atoms with Crippen LogP contribution in [-0.4, -0.2) is 99.7 Å². The molecule has 2 saturated heterocycles. The van der Waals surface area contributed by atoms with Crippen molar-refractivity contribution < 1.29 is 56.9 Å². The predicted octanol–water partition coefficient (Wildman–Crippen LogP) is 7.45. The highest BCUT2D eigenvalue weighted by Crippen LogP contribution is 2.65. The predicted molar refractivity (Wildman–Crippen MR) is 249 cm³/mol. The van der Waals surface area contributed by atoms with E-state index < -0.39 is 105 Å². The summed E-state index contributed by atoms with van der Waals surface area (Å²) in [5.74, 6) is -5.02. The van der Waals surface area contributed by atoms with Crippen LogP contribution >= 0.6 is 0 Å². The van der Waals surface area contributed by atoms with Crippen LogP contribution in [-0.2, 0) is 42.2 Å². The molecule has 2 unspecified atom stereocenters. The van der Waals surface area contributed by atoms with E-state index in [1.807, 2.05) is 50.2 Å². The fourth-order valence-corrected chi connectivity index (χ4v) is 23.0. The molecule has 8 rings (SSSR count). The van der Waals surface area contributed by atoms with E-state index in [1.165, 1.54) is 6.92 Å². The Balaban J connectivity index is 1.32. The van der Waals surface area contributed by atoms with Gasteiger partial charge in [-0.3, -0.25) is 19.2 Å². The minimum atomic E-state index is -2.82. The molecular formula is C51H63NO12Si2. The molecule has 2 heterocycles. The van der Waals surface area contributed by atoms with Crippen LogP contribution in [0.25, 0.3) is 0 Å². The third kappa shape index (κ3) is 8.02. The lowest BCUT2D eigenvalue weighted by Gasteiger charge is -2.68. The summed E-state index contributed by atoms with van der Waals surface area (Å²) in [7, 11) is -5.49. The SMILES string of the molecule is CC(=O)O[C@@]12CO[C@@H]1C[C@@H]1O[Si](C)(C)C[Si](C)(C)O[C@H]3C(=O)[C@@]1(C)C2C(OC(=O)c1ccccc1)[C@]1(O)C[C@@H](OC(=O)[C@@H](C)[C@@H](NC(=O)c2ccccc2)c2ccccc2)C(C)=C3C1(C)C. The first-order chi connectivity index (χ1) is 31.0. The zero-order valence-corrected chi connectivity index (χ0v) is 41.5. The van der Waals surface area contributed by atoms with Crippen molar-refractivity contribution in [2.24, 2.45) is 22.7 Å². The average molecular weight is 938 g/mol. The van der Waals surface area contributed by atoms with Crippen LogP contribution in [0.2, 0.25) is 31.9 Å². The van der Waals surface area contributed by atoms with Gasteiger partial charge in [-0.25, -0.2) is 4.79 Å². The Morgan fingerprint density at radius 2 is 1.39 bits per heavy atom. The molecule has 1 amide bonds. The van der Waals surface area contributed by atoms with Crippen molar-refractivity contribution in [1.82, 2.24) is 5.32 Å². The third-order valence-corrected chi connectivity index (χ3v) is 23.8. The Morgan fingerprint density at radius 1 is 0.818 bits per heavy atom. The number of hydrogen-bond acceptors (Lipinski definition) is 12. The number of ether oxygens (including phenoxy) is 4. The van der Waals surface area contributed by atoms with Crippen LogP contribution in [0.3, 0.4) is 0 Å². The number of nitrogens with one attached hydrogen (secondary N) is 1. The Morgan fingerprint density at radius 3 is 1.97 bits per heavy atom. The number of amides is 1. The van der Waals surface area contributed by atoms with Crippen molar-refractivity contribution in [3.63, 3.8) is 0 Å². The lowest BCUT2D eigenvalue weighted by Crippen LogP contribution is -2.82. The quantitative estimate of drug-likeness (QED) is 0.0941. The van der Waals surface area contributed by atoms with Crippen molar-refractivity contribution in [1.29, 1.82) is 0 Å². The highest BCUT2D eigenvalue weighted by Gasteiger charge is 2.79. The third-order valence-electron chi connectivity index (χ3n) is 15.2. The van der Waals surface area contributed by atoms with Gasteiger partial charge >= 0.3 is 17.9 Å². The fourth-order valence-electron chi connectivity index (χ4n) is 12.2. The number of esters is 3. The first kappa shape index (κ1) is 47.7. The van der Waals surface area contributed by atoms with Gasteiger partial charge in [0.15, 0.2) is 28.0 Å². The monoisotopic (exact) mass is 937 g/mol. The number of rotatable bonds is 9. The van der Waals surface area contributed by atoms with Gasteiger partial charge in [0.2, 0.25) is 0 Å². The molecule has 3 aliphatic carbocycles. The maximum atomic E-state index is 16.3. The molecule has 66 heavy (non-hydrogen) atoms. The number of ketones is 1. The van der Waals surface area contributed by atoms with Crippen LogP contribution in [0.5, 0.6) is 0 Å². The first-order valence-corrected chi connectivity index (χ1v) is 29.2. The molecule has 3 aromatic carbocycles. The van der Waals surface area contributed by atoms with Gasteiger partial charge in [-0.2, -0.15) is 0 Å². The number of carbonyl (C=O) groups excluding carboxylic acids is 5. The van der Waals surface area contributed by atoms with Gasteiger partial charge < -0.3 is 38.2 Å². The molecule has 2 aliphatic heterocycles. The van der Waals surface area contributed by atoms with E-state index in [2.05, 4.69) is 31.5 Å². The summed E-state index contributed by atoms with van der Waals surface area (Å²) in [5.41, 5.74) is -3.80. The molecular weight excluding hydrogens is 875 g/mol. The van der Waals surface area contributed by atoms with Gasteiger partial charge in [-0.05, 0) is 93.6 Å². The molecule has 11 atom stereocenters. The number of fused-ring (bicyclic) bond motifs is 6. The molecule has 3 aromatic rings. The minimum Gasteiger partial charge on any atom is -0.457 e. The summed E-state index contributed by atoms with van der Waals surface area (Å²) >= 11 is 0. The van der Waals surface area contributed by atoms with Crippen molar-refractivity contribution >= 4 is 46.2 Å². The Bertz CT molecular complexity index is 2430. The van der Waals surface area contributed by atoms with Crippen LogP contribution in [0.4, 0.5) is 0 Å². The molecule has 4 fully saturated rings. The van der Waals surface area contributed by atoms with Crippen molar-refractivity contribution in [2.45, 2.75) is 134 Å². The molecule has 15 heteroatoms. The molecule has 0 aromatic heterocycles. The summed E-state index contributed by atoms with van der Waals surface area (Å²) in [6.45, 7) is 18.4. The Hall–Kier alpha value is -4.78. The molecule has 5 aliphatic rings. The van der Waals surface area contributed by atoms with E-state index >= 15 is 4.79 Å². The van der Waals surface area contributed by atoms with Crippen LogP contribution < -0.4 is 5.32 Å². The van der Waals surface area contributed by atoms with Crippen LogP contribution in [0.15, 0.2) is 102 Å². The number of Topliss-reactive ketones (excluding diaryl/α,β-unsaturated/α-hetero) is 1. The number of benzene rings is 3. The molecule has 2 saturated carbocycles. The average Bonchev–Trinajstić information content (AvgIpc) is 3.27. The maximum absolute atomic E-state index is 16.3. The number of aliphatic hydroxyl groups is 1. The summed E-state index contributed by atoms with van der Waals surface area (Å²) in [5, 5.41) is 17.2. The molecule has 13 nitrogen and oxygen atoms in total. The zero-order valence-electron chi connectivity index (χ0n) is 39.5. The summed E-state index contributed by atoms with van der Waals surface area (Å²) < 4.78 is 40.4. The van der Waals surface area contributed by atoms with E-state index in [-0.39, 0.29) is 36.7 Å². The molecule has 0 radical (unpaired) electrons. The number of hydrogen-bond donors (Lipinski definition) is 2.